The van der Waals surface area contributed by atoms with Crippen LogP contribution in [0, 0.1) is 39.0 Å². The van der Waals surface area contributed by atoms with Gasteiger partial charge in [0.05, 0.1) is 0 Å². The molecule has 1 heterocycles. The molecular formula is C31H28BrN3O2. The Bertz CT molecular complexity index is 1510. The van der Waals surface area contributed by atoms with Crippen molar-refractivity contribution in [3.63, 3.8) is 0 Å². The van der Waals surface area contributed by atoms with Gasteiger partial charge in [-0.2, -0.15) is 5.26 Å². The topological polar surface area (TPSA) is 67.0 Å². The number of benzene rings is 3. The molecule has 0 saturated carbocycles. The summed E-state index contributed by atoms with van der Waals surface area (Å²) in [5, 5.41) is 12.6. The van der Waals surface area contributed by atoms with Gasteiger partial charge in [0, 0.05) is 27.2 Å². The fourth-order valence-electron chi connectivity index (χ4n) is 4.22. The minimum Gasteiger partial charge on any atom is -0.489 e. The average molecular weight is 554 g/mol. The van der Waals surface area contributed by atoms with E-state index in [0.29, 0.717) is 12.3 Å². The number of carbonyl (C=O) groups is 1. The first kappa shape index (κ1) is 26.0. The summed E-state index contributed by atoms with van der Waals surface area (Å²) in [5.74, 6) is 0.357. The minimum absolute atomic E-state index is 0.0527. The molecule has 6 heteroatoms. The molecule has 5 nitrogen and oxygen atoms in total. The summed E-state index contributed by atoms with van der Waals surface area (Å²) in [6.07, 6.45) is 1.65. The highest BCUT2D eigenvalue weighted by Crippen LogP contribution is 2.25. The summed E-state index contributed by atoms with van der Waals surface area (Å²) < 4.78 is 9.07. The second kappa shape index (κ2) is 11.3. The third kappa shape index (κ3) is 6.19. The van der Waals surface area contributed by atoms with Crippen LogP contribution in [0.3, 0.4) is 0 Å². The molecule has 0 radical (unpaired) electrons. The van der Waals surface area contributed by atoms with Crippen LogP contribution < -0.4 is 10.1 Å². The molecule has 0 aliphatic rings. The van der Waals surface area contributed by atoms with Crippen LogP contribution in [-0.4, -0.2) is 10.5 Å². The van der Waals surface area contributed by atoms with Crippen LogP contribution in [0.1, 0.15) is 33.6 Å². The molecule has 37 heavy (non-hydrogen) atoms. The summed E-state index contributed by atoms with van der Waals surface area (Å²) in [5.41, 5.74) is 7.64. The van der Waals surface area contributed by atoms with Crippen molar-refractivity contribution in [3.05, 3.63) is 116 Å². The third-order valence-corrected chi connectivity index (χ3v) is 6.71. The zero-order valence-electron chi connectivity index (χ0n) is 21.3. The number of anilines is 1. The Labute approximate surface area is 226 Å². The molecule has 3 aromatic carbocycles. The van der Waals surface area contributed by atoms with Crippen molar-refractivity contribution >= 4 is 33.6 Å². The van der Waals surface area contributed by atoms with Crippen LogP contribution in [0.5, 0.6) is 5.75 Å². The van der Waals surface area contributed by atoms with E-state index in [1.165, 1.54) is 0 Å². The number of ether oxygens (including phenoxy) is 1. The zero-order chi connectivity index (χ0) is 26.5. The van der Waals surface area contributed by atoms with E-state index in [1.54, 1.807) is 6.08 Å². The molecule has 0 atom stereocenters. The van der Waals surface area contributed by atoms with Gasteiger partial charge in [-0.3, -0.25) is 4.79 Å². The normalized spacial score (nSPS) is 11.2. The quantitative estimate of drug-likeness (QED) is 0.189. The van der Waals surface area contributed by atoms with Crippen molar-refractivity contribution in [1.29, 1.82) is 5.26 Å². The van der Waals surface area contributed by atoms with Gasteiger partial charge in [0.2, 0.25) is 0 Å². The Hall–Kier alpha value is -4.08. The van der Waals surface area contributed by atoms with Gasteiger partial charge in [-0.1, -0.05) is 45.8 Å². The summed E-state index contributed by atoms with van der Waals surface area (Å²) in [6, 6.07) is 25.8. The maximum absolute atomic E-state index is 12.9. The zero-order valence-corrected chi connectivity index (χ0v) is 22.9. The Kier molecular flexibility index (Phi) is 7.95. The van der Waals surface area contributed by atoms with Gasteiger partial charge in [0.25, 0.3) is 5.91 Å². The highest BCUT2D eigenvalue weighted by molar-refractivity contribution is 9.10. The van der Waals surface area contributed by atoms with E-state index in [4.69, 9.17) is 4.74 Å². The molecule has 4 aromatic rings. The summed E-state index contributed by atoms with van der Waals surface area (Å²) in [6.45, 7) is 8.41. The monoisotopic (exact) mass is 553 g/mol. The first-order valence-corrected chi connectivity index (χ1v) is 12.7. The lowest BCUT2D eigenvalue weighted by molar-refractivity contribution is -0.112. The number of amides is 1. The molecule has 0 spiro atoms. The number of nitriles is 1. The SMILES string of the molecule is Cc1ccc(NC(=O)/C(C#N)=C\c2cc(C)n(-c3ccc(OCc4ccc(Br)cc4)cc3)c2C)c(C)c1. The predicted molar refractivity (Wildman–Crippen MR) is 152 cm³/mol. The molecule has 0 saturated heterocycles. The molecule has 0 aliphatic carbocycles. The summed E-state index contributed by atoms with van der Waals surface area (Å²) in [4.78, 5) is 12.9. The van der Waals surface area contributed by atoms with Gasteiger partial charge in [-0.05, 0) is 99.0 Å². The molecule has 0 fully saturated rings. The van der Waals surface area contributed by atoms with E-state index in [-0.39, 0.29) is 5.57 Å². The first-order valence-electron chi connectivity index (χ1n) is 11.9. The lowest BCUT2D eigenvalue weighted by atomic mass is 10.1. The molecule has 1 N–H and O–H groups in total. The number of nitrogens with zero attached hydrogens (tertiary/aromatic N) is 2. The smallest absolute Gasteiger partial charge is 0.266 e. The van der Waals surface area contributed by atoms with Crippen molar-refractivity contribution in [3.8, 4) is 17.5 Å². The molecule has 1 aromatic heterocycles. The maximum atomic E-state index is 12.9. The van der Waals surface area contributed by atoms with Crippen molar-refractivity contribution < 1.29 is 9.53 Å². The second-order valence-corrected chi connectivity index (χ2v) is 9.93. The second-order valence-electron chi connectivity index (χ2n) is 9.01. The number of hydrogen-bond donors (Lipinski definition) is 1. The maximum Gasteiger partial charge on any atom is 0.266 e. The van der Waals surface area contributed by atoms with E-state index in [2.05, 4.69) is 31.9 Å². The van der Waals surface area contributed by atoms with E-state index in [1.807, 2.05) is 100 Å². The lowest BCUT2D eigenvalue weighted by Gasteiger charge is -2.12. The number of aryl methyl sites for hydroxylation is 3. The average Bonchev–Trinajstić information content (AvgIpc) is 3.16. The third-order valence-electron chi connectivity index (χ3n) is 6.18. The van der Waals surface area contributed by atoms with Crippen LogP contribution in [0.4, 0.5) is 5.69 Å². The molecule has 186 valence electrons. The largest absolute Gasteiger partial charge is 0.489 e. The molecular weight excluding hydrogens is 526 g/mol. The minimum atomic E-state index is -0.425. The van der Waals surface area contributed by atoms with Crippen LogP contribution in [0.25, 0.3) is 11.8 Å². The van der Waals surface area contributed by atoms with Gasteiger partial charge >= 0.3 is 0 Å². The van der Waals surface area contributed by atoms with Gasteiger partial charge < -0.3 is 14.6 Å². The first-order chi connectivity index (χ1) is 17.7. The molecule has 0 bridgehead atoms. The van der Waals surface area contributed by atoms with E-state index in [9.17, 15) is 10.1 Å². The fraction of sp³-hybridized carbons (Fsp3) is 0.161. The summed E-state index contributed by atoms with van der Waals surface area (Å²) >= 11 is 3.44. The molecule has 0 aliphatic heterocycles. The van der Waals surface area contributed by atoms with E-state index < -0.39 is 5.91 Å². The van der Waals surface area contributed by atoms with Crippen molar-refractivity contribution in [2.75, 3.05) is 5.32 Å². The number of hydrogen-bond acceptors (Lipinski definition) is 3. The highest BCUT2D eigenvalue weighted by atomic mass is 79.9. The highest BCUT2D eigenvalue weighted by Gasteiger charge is 2.15. The van der Waals surface area contributed by atoms with Crippen LogP contribution in [-0.2, 0) is 11.4 Å². The number of halogens is 1. The van der Waals surface area contributed by atoms with Crippen LogP contribution in [0.15, 0.2) is 82.8 Å². The van der Waals surface area contributed by atoms with Crippen molar-refractivity contribution in [2.45, 2.75) is 34.3 Å². The Morgan fingerprint density at radius 3 is 2.35 bits per heavy atom. The lowest BCUT2D eigenvalue weighted by Crippen LogP contribution is -2.14. The van der Waals surface area contributed by atoms with Crippen molar-refractivity contribution in [1.82, 2.24) is 4.57 Å². The number of aromatic nitrogens is 1. The van der Waals surface area contributed by atoms with Gasteiger partial charge in [-0.25, -0.2) is 0 Å². The summed E-state index contributed by atoms with van der Waals surface area (Å²) in [7, 11) is 0. The van der Waals surface area contributed by atoms with Crippen LogP contribution >= 0.6 is 15.9 Å². The van der Waals surface area contributed by atoms with Gasteiger partial charge in [0.15, 0.2) is 0 Å². The molecule has 1 amide bonds. The van der Waals surface area contributed by atoms with Gasteiger partial charge in [0.1, 0.15) is 24.0 Å². The Morgan fingerprint density at radius 2 is 1.70 bits per heavy atom. The predicted octanol–water partition coefficient (Wildman–Crippen LogP) is 7.60. The standard InChI is InChI=1S/C31H28BrN3O2/c1-20-5-14-30(21(2)15-20)34-31(36)26(18-33)17-25-16-22(3)35(23(25)4)28-10-12-29(13-11-28)37-19-24-6-8-27(32)9-7-24/h5-17H,19H2,1-4H3,(H,34,36)/b26-17-. The van der Waals surface area contributed by atoms with Gasteiger partial charge in [-0.15, -0.1) is 0 Å². The number of carbonyl (C=O) groups excluding carboxylic acids is 1. The van der Waals surface area contributed by atoms with Crippen LogP contribution in [0.2, 0.25) is 0 Å². The fourth-order valence-corrected chi connectivity index (χ4v) is 4.48. The van der Waals surface area contributed by atoms with E-state index >= 15 is 0 Å². The number of rotatable bonds is 7. The Balaban J connectivity index is 1.51. The van der Waals surface area contributed by atoms with Crippen molar-refractivity contribution in [2.24, 2.45) is 0 Å². The van der Waals surface area contributed by atoms with E-state index in [0.717, 1.165) is 49.6 Å². The molecule has 0 unspecified atom stereocenters. The molecule has 4 rings (SSSR count). The number of nitrogens with one attached hydrogen (secondary N) is 1. The Morgan fingerprint density at radius 1 is 1.00 bits per heavy atom.